The predicted octanol–water partition coefficient (Wildman–Crippen LogP) is -1.28. The Bertz CT molecular complexity index is 127. The first-order valence-electron chi connectivity index (χ1n) is 3.42. The molecule has 2 atom stereocenters. The van der Waals surface area contributed by atoms with Crippen molar-refractivity contribution in [2.24, 2.45) is 5.73 Å². The van der Waals surface area contributed by atoms with E-state index in [9.17, 15) is 4.79 Å². The summed E-state index contributed by atoms with van der Waals surface area (Å²) < 4.78 is 0. The van der Waals surface area contributed by atoms with Gasteiger partial charge < -0.3 is 15.9 Å². The fraction of sp³-hybridized carbons (Fsp3) is 0.833. The van der Waals surface area contributed by atoms with Crippen LogP contribution in [0.2, 0.25) is 0 Å². The number of carboxylic acid groups (broad SMARTS) is 1. The van der Waals surface area contributed by atoms with E-state index in [-0.39, 0.29) is 19.0 Å². The van der Waals surface area contributed by atoms with Gasteiger partial charge in [0.2, 0.25) is 0 Å². The molecule has 0 aliphatic heterocycles. The molecule has 5 nitrogen and oxygen atoms in total. The lowest BCUT2D eigenvalue weighted by atomic mass is 10.2. The molecule has 5 heteroatoms. The molecular weight excluding hydrogens is 148 g/mol. The molecule has 0 spiro atoms. The summed E-state index contributed by atoms with van der Waals surface area (Å²) >= 11 is 0. The first kappa shape index (κ1) is 10.3. The number of hydrogen-bond acceptors (Lipinski definition) is 4. The van der Waals surface area contributed by atoms with E-state index in [1.165, 1.54) is 6.92 Å². The van der Waals surface area contributed by atoms with Crippen LogP contribution in [0.4, 0.5) is 0 Å². The van der Waals surface area contributed by atoms with E-state index in [0.717, 1.165) is 0 Å². The van der Waals surface area contributed by atoms with E-state index in [4.69, 9.17) is 15.9 Å². The number of hydrogen-bond donors (Lipinski definition) is 4. The van der Waals surface area contributed by atoms with Crippen LogP contribution in [0.25, 0.3) is 0 Å². The lowest BCUT2D eigenvalue weighted by Gasteiger charge is -2.16. The Morgan fingerprint density at radius 3 is 2.55 bits per heavy atom. The Morgan fingerprint density at radius 1 is 1.73 bits per heavy atom. The quantitative estimate of drug-likeness (QED) is 0.377. The van der Waals surface area contributed by atoms with Gasteiger partial charge in [-0.25, -0.2) is 0 Å². The van der Waals surface area contributed by atoms with Crippen molar-refractivity contribution in [3.8, 4) is 0 Å². The molecule has 0 rings (SSSR count). The number of carboxylic acids is 1. The molecule has 0 aliphatic rings. The lowest BCUT2D eigenvalue weighted by Crippen LogP contribution is -2.42. The molecule has 0 fully saturated rings. The third-order valence-electron chi connectivity index (χ3n) is 1.18. The summed E-state index contributed by atoms with van der Waals surface area (Å²) in [7, 11) is 0. The summed E-state index contributed by atoms with van der Waals surface area (Å²) in [5.41, 5.74) is 5.23. The molecule has 11 heavy (non-hydrogen) atoms. The highest BCUT2D eigenvalue weighted by Crippen LogP contribution is 1.90. The van der Waals surface area contributed by atoms with E-state index >= 15 is 0 Å². The van der Waals surface area contributed by atoms with Crippen LogP contribution in [0, 0.1) is 0 Å². The topological polar surface area (TPSA) is 95.6 Å². The van der Waals surface area contributed by atoms with Gasteiger partial charge in [-0.15, -0.1) is 0 Å². The van der Waals surface area contributed by atoms with Gasteiger partial charge in [-0.3, -0.25) is 10.1 Å². The third kappa shape index (κ3) is 5.78. The van der Waals surface area contributed by atoms with Crippen molar-refractivity contribution in [3.05, 3.63) is 0 Å². The van der Waals surface area contributed by atoms with Crippen molar-refractivity contribution in [2.45, 2.75) is 25.6 Å². The van der Waals surface area contributed by atoms with Crippen LogP contribution in [-0.4, -0.2) is 35.0 Å². The van der Waals surface area contributed by atoms with Crippen LogP contribution < -0.4 is 11.1 Å². The Kier molecular flexibility index (Phi) is 4.76. The maximum Gasteiger partial charge on any atom is 0.304 e. The Balaban J connectivity index is 3.66. The minimum atomic E-state index is -0.923. The van der Waals surface area contributed by atoms with Crippen molar-refractivity contribution in [1.82, 2.24) is 5.32 Å². The van der Waals surface area contributed by atoms with Gasteiger partial charge in [0, 0.05) is 12.6 Å². The number of carbonyl (C=O) groups is 1. The summed E-state index contributed by atoms with van der Waals surface area (Å²) in [6, 6.07) is -0.354. The molecule has 0 saturated carbocycles. The van der Waals surface area contributed by atoms with E-state index in [1.807, 2.05) is 0 Å². The highest BCUT2D eigenvalue weighted by molar-refractivity contribution is 5.67. The average molecular weight is 162 g/mol. The second-order valence-corrected chi connectivity index (χ2v) is 2.37. The highest BCUT2D eigenvalue weighted by atomic mass is 16.4. The number of nitrogens with two attached hydrogens (primary N) is 1. The van der Waals surface area contributed by atoms with Crippen LogP contribution in [0.15, 0.2) is 0 Å². The zero-order chi connectivity index (χ0) is 8.85. The summed E-state index contributed by atoms with van der Waals surface area (Å²) in [6.45, 7) is 1.72. The number of aliphatic carboxylic acids is 1. The van der Waals surface area contributed by atoms with Crippen LogP contribution in [-0.2, 0) is 4.79 Å². The molecule has 0 radical (unpaired) electrons. The first-order chi connectivity index (χ1) is 5.06. The lowest BCUT2D eigenvalue weighted by molar-refractivity contribution is -0.137. The van der Waals surface area contributed by atoms with Gasteiger partial charge in [-0.2, -0.15) is 0 Å². The molecule has 5 N–H and O–H groups in total. The summed E-state index contributed by atoms with van der Waals surface area (Å²) in [5.74, 6) is -0.923. The van der Waals surface area contributed by atoms with E-state index in [1.54, 1.807) is 0 Å². The molecular formula is C6H14N2O3. The van der Waals surface area contributed by atoms with Gasteiger partial charge in [-0.05, 0) is 6.92 Å². The maximum atomic E-state index is 10.2. The van der Waals surface area contributed by atoms with Gasteiger partial charge >= 0.3 is 5.97 Å². The highest BCUT2D eigenvalue weighted by Gasteiger charge is 2.11. The number of aliphatic hydroxyl groups excluding tert-OH is 1. The Labute approximate surface area is 65.2 Å². The molecule has 0 bridgehead atoms. The van der Waals surface area contributed by atoms with Crippen molar-refractivity contribution in [3.63, 3.8) is 0 Å². The zero-order valence-electron chi connectivity index (χ0n) is 6.45. The SMILES string of the molecule is CC(O)NC(CN)CC(=O)O. The number of rotatable bonds is 5. The first-order valence-corrected chi connectivity index (χ1v) is 3.42. The summed E-state index contributed by atoms with van der Waals surface area (Å²) in [6.07, 6.45) is -0.788. The van der Waals surface area contributed by atoms with Gasteiger partial charge in [0.15, 0.2) is 0 Å². The largest absolute Gasteiger partial charge is 0.481 e. The van der Waals surface area contributed by atoms with Crippen LogP contribution in [0.3, 0.4) is 0 Å². The van der Waals surface area contributed by atoms with E-state index < -0.39 is 12.2 Å². The molecule has 66 valence electrons. The molecule has 0 saturated heterocycles. The van der Waals surface area contributed by atoms with Gasteiger partial charge in [0.25, 0.3) is 0 Å². The second kappa shape index (κ2) is 5.06. The van der Waals surface area contributed by atoms with Crippen molar-refractivity contribution >= 4 is 5.97 Å². The fourth-order valence-electron chi connectivity index (χ4n) is 0.762. The normalized spacial score (nSPS) is 15.9. The molecule has 0 aromatic rings. The van der Waals surface area contributed by atoms with Crippen LogP contribution >= 0.6 is 0 Å². The second-order valence-electron chi connectivity index (χ2n) is 2.37. The molecule has 0 aliphatic carbocycles. The standard InChI is InChI=1S/C6H14N2O3/c1-4(9)8-5(3-7)2-6(10)11/h4-5,8-9H,2-3,7H2,1H3,(H,10,11). The molecule has 0 amide bonds. The van der Waals surface area contributed by atoms with E-state index in [2.05, 4.69) is 5.32 Å². The minimum Gasteiger partial charge on any atom is -0.481 e. The number of nitrogens with one attached hydrogen (secondary N) is 1. The zero-order valence-corrected chi connectivity index (χ0v) is 6.45. The molecule has 0 aromatic heterocycles. The summed E-state index contributed by atoms with van der Waals surface area (Å²) in [5, 5.41) is 19.8. The van der Waals surface area contributed by atoms with Crippen molar-refractivity contribution in [1.29, 1.82) is 0 Å². The minimum absolute atomic E-state index is 0.0681. The fourth-order valence-corrected chi connectivity index (χ4v) is 0.762. The Morgan fingerprint density at radius 2 is 2.27 bits per heavy atom. The smallest absolute Gasteiger partial charge is 0.304 e. The molecule has 0 aromatic carbocycles. The van der Waals surface area contributed by atoms with Crippen LogP contribution in [0.1, 0.15) is 13.3 Å². The monoisotopic (exact) mass is 162 g/mol. The average Bonchev–Trinajstić information content (AvgIpc) is 1.84. The predicted molar refractivity (Wildman–Crippen MR) is 39.9 cm³/mol. The number of aliphatic hydroxyl groups is 1. The Hall–Kier alpha value is -0.650. The summed E-state index contributed by atoms with van der Waals surface area (Å²) in [4.78, 5) is 10.2. The molecule has 0 heterocycles. The van der Waals surface area contributed by atoms with E-state index in [0.29, 0.717) is 0 Å². The van der Waals surface area contributed by atoms with Crippen molar-refractivity contribution in [2.75, 3.05) is 6.54 Å². The van der Waals surface area contributed by atoms with Gasteiger partial charge in [0.05, 0.1) is 6.42 Å². The molecule has 2 unspecified atom stereocenters. The van der Waals surface area contributed by atoms with Gasteiger partial charge in [-0.1, -0.05) is 0 Å². The van der Waals surface area contributed by atoms with Crippen molar-refractivity contribution < 1.29 is 15.0 Å². The third-order valence-corrected chi connectivity index (χ3v) is 1.18. The maximum absolute atomic E-state index is 10.2. The van der Waals surface area contributed by atoms with Gasteiger partial charge in [0.1, 0.15) is 6.23 Å². The van der Waals surface area contributed by atoms with Crippen LogP contribution in [0.5, 0.6) is 0 Å².